The molecule has 12 heavy (non-hydrogen) atoms. The molecule has 72 valence electrons. The van der Waals surface area contributed by atoms with Crippen molar-refractivity contribution in [3.63, 3.8) is 0 Å². The van der Waals surface area contributed by atoms with Crippen molar-refractivity contribution in [1.29, 1.82) is 0 Å². The van der Waals surface area contributed by atoms with E-state index >= 15 is 0 Å². The van der Waals surface area contributed by atoms with Gasteiger partial charge in [0.2, 0.25) is 0 Å². The van der Waals surface area contributed by atoms with Crippen molar-refractivity contribution >= 4 is 11.8 Å². The standard InChI is InChI=1S/C10H21NS/c1-3-9(2)7-11-8-10-5-4-6-12-10/h9-11H,3-8H2,1-2H3. The van der Waals surface area contributed by atoms with Gasteiger partial charge in [0.25, 0.3) is 0 Å². The van der Waals surface area contributed by atoms with Gasteiger partial charge >= 0.3 is 0 Å². The van der Waals surface area contributed by atoms with E-state index in [1.54, 1.807) is 0 Å². The Bertz CT molecular complexity index is 110. The summed E-state index contributed by atoms with van der Waals surface area (Å²) >= 11 is 2.14. The van der Waals surface area contributed by atoms with Crippen LogP contribution in [0.3, 0.4) is 0 Å². The molecule has 2 heteroatoms. The summed E-state index contributed by atoms with van der Waals surface area (Å²) in [5.41, 5.74) is 0. The van der Waals surface area contributed by atoms with Gasteiger partial charge in [-0.15, -0.1) is 0 Å². The van der Waals surface area contributed by atoms with E-state index < -0.39 is 0 Å². The van der Waals surface area contributed by atoms with Crippen LogP contribution in [-0.4, -0.2) is 24.1 Å². The van der Waals surface area contributed by atoms with Crippen molar-refractivity contribution in [2.45, 2.75) is 38.4 Å². The third kappa shape index (κ3) is 3.81. The van der Waals surface area contributed by atoms with Gasteiger partial charge in [0.1, 0.15) is 0 Å². The van der Waals surface area contributed by atoms with Crippen molar-refractivity contribution in [1.82, 2.24) is 5.32 Å². The number of hydrogen-bond acceptors (Lipinski definition) is 2. The lowest BCUT2D eigenvalue weighted by atomic mass is 10.1. The first-order chi connectivity index (χ1) is 5.83. The van der Waals surface area contributed by atoms with Crippen LogP contribution in [0, 0.1) is 5.92 Å². The predicted molar refractivity (Wildman–Crippen MR) is 57.8 cm³/mol. The molecule has 0 saturated carbocycles. The SMILES string of the molecule is CCC(C)CNCC1CCCS1. The normalized spacial score (nSPS) is 26.0. The van der Waals surface area contributed by atoms with Gasteiger partial charge in [-0.05, 0) is 31.1 Å². The zero-order valence-corrected chi connectivity index (χ0v) is 9.12. The summed E-state index contributed by atoms with van der Waals surface area (Å²) in [6.07, 6.45) is 4.16. The first-order valence-corrected chi connectivity index (χ1v) is 6.20. The molecule has 1 heterocycles. The lowest BCUT2D eigenvalue weighted by Gasteiger charge is -2.13. The third-order valence-electron chi connectivity index (χ3n) is 2.59. The summed E-state index contributed by atoms with van der Waals surface area (Å²) in [5.74, 6) is 2.23. The molecule has 0 aromatic heterocycles. The molecule has 0 bridgehead atoms. The number of thioether (sulfide) groups is 1. The van der Waals surface area contributed by atoms with Crippen molar-refractivity contribution in [2.24, 2.45) is 5.92 Å². The van der Waals surface area contributed by atoms with Gasteiger partial charge in [-0.1, -0.05) is 20.3 Å². The van der Waals surface area contributed by atoms with E-state index in [1.165, 1.54) is 38.1 Å². The van der Waals surface area contributed by atoms with Crippen LogP contribution in [0.2, 0.25) is 0 Å². The lowest BCUT2D eigenvalue weighted by molar-refractivity contribution is 0.497. The fraction of sp³-hybridized carbons (Fsp3) is 1.00. The van der Waals surface area contributed by atoms with Crippen LogP contribution in [0.15, 0.2) is 0 Å². The largest absolute Gasteiger partial charge is 0.315 e. The highest BCUT2D eigenvalue weighted by Gasteiger charge is 2.14. The summed E-state index contributed by atoms with van der Waals surface area (Å²) in [6.45, 7) is 7.01. The van der Waals surface area contributed by atoms with Crippen LogP contribution in [0.4, 0.5) is 0 Å². The summed E-state index contributed by atoms with van der Waals surface area (Å²) < 4.78 is 0. The molecular weight excluding hydrogens is 166 g/mol. The van der Waals surface area contributed by atoms with E-state index in [0.717, 1.165) is 11.2 Å². The maximum absolute atomic E-state index is 3.56. The fourth-order valence-electron chi connectivity index (χ4n) is 1.44. The summed E-state index contributed by atoms with van der Waals surface area (Å²) in [4.78, 5) is 0. The zero-order valence-electron chi connectivity index (χ0n) is 8.31. The molecule has 2 unspecified atom stereocenters. The van der Waals surface area contributed by atoms with Gasteiger partial charge in [-0.25, -0.2) is 0 Å². The molecular formula is C10H21NS. The van der Waals surface area contributed by atoms with E-state index in [4.69, 9.17) is 0 Å². The molecule has 0 aromatic carbocycles. The molecule has 1 nitrogen and oxygen atoms in total. The van der Waals surface area contributed by atoms with E-state index in [2.05, 4.69) is 30.9 Å². The second-order valence-electron chi connectivity index (χ2n) is 3.81. The highest BCUT2D eigenvalue weighted by Crippen LogP contribution is 2.25. The van der Waals surface area contributed by atoms with Gasteiger partial charge in [-0.2, -0.15) is 11.8 Å². The van der Waals surface area contributed by atoms with Gasteiger partial charge in [0.05, 0.1) is 0 Å². The highest BCUT2D eigenvalue weighted by atomic mass is 32.2. The molecule has 0 aromatic rings. The van der Waals surface area contributed by atoms with Crippen molar-refractivity contribution in [3.8, 4) is 0 Å². The Kier molecular flexibility index (Phi) is 5.08. The second-order valence-corrected chi connectivity index (χ2v) is 5.21. The topological polar surface area (TPSA) is 12.0 Å². The molecule has 0 aliphatic carbocycles. The van der Waals surface area contributed by atoms with Crippen LogP contribution in [0.25, 0.3) is 0 Å². The molecule has 1 rings (SSSR count). The first-order valence-electron chi connectivity index (χ1n) is 5.15. The number of rotatable bonds is 5. The molecule has 0 radical (unpaired) electrons. The molecule has 2 atom stereocenters. The van der Waals surface area contributed by atoms with E-state index in [9.17, 15) is 0 Å². The average molecular weight is 187 g/mol. The summed E-state index contributed by atoms with van der Waals surface area (Å²) in [5, 5.41) is 4.47. The van der Waals surface area contributed by atoms with Crippen LogP contribution < -0.4 is 5.32 Å². The van der Waals surface area contributed by atoms with E-state index in [-0.39, 0.29) is 0 Å². The first kappa shape index (κ1) is 10.4. The van der Waals surface area contributed by atoms with Gasteiger partial charge < -0.3 is 5.32 Å². The Morgan fingerprint density at radius 1 is 1.58 bits per heavy atom. The quantitative estimate of drug-likeness (QED) is 0.710. The Labute approximate surface area is 80.7 Å². The van der Waals surface area contributed by atoms with Crippen molar-refractivity contribution in [3.05, 3.63) is 0 Å². The Morgan fingerprint density at radius 2 is 2.42 bits per heavy atom. The average Bonchev–Trinajstić information content (AvgIpc) is 2.57. The third-order valence-corrected chi connectivity index (χ3v) is 3.98. The Hall–Kier alpha value is 0.310. The monoisotopic (exact) mass is 187 g/mol. The maximum atomic E-state index is 3.56. The molecule has 1 fully saturated rings. The molecule has 1 N–H and O–H groups in total. The molecule has 0 spiro atoms. The van der Waals surface area contributed by atoms with E-state index in [1.807, 2.05) is 0 Å². The Balaban J connectivity index is 1.94. The molecule has 1 aliphatic heterocycles. The number of nitrogens with one attached hydrogen (secondary N) is 1. The minimum absolute atomic E-state index is 0.844. The maximum Gasteiger partial charge on any atom is 0.0172 e. The van der Waals surface area contributed by atoms with Crippen LogP contribution >= 0.6 is 11.8 Å². The Morgan fingerprint density at radius 3 is 3.00 bits per heavy atom. The minimum atomic E-state index is 0.844. The van der Waals surface area contributed by atoms with Crippen LogP contribution in [0.1, 0.15) is 33.1 Å². The van der Waals surface area contributed by atoms with Crippen molar-refractivity contribution in [2.75, 3.05) is 18.8 Å². The van der Waals surface area contributed by atoms with Crippen LogP contribution in [-0.2, 0) is 0 Å². The van der Waals surface area contributed by atoms with Crippen molar-refractivity contribution < 1.29 is 0 Å². The molecule has 1 saturated heterocycles. The highest BCUT2D eigenvalue weighted by molar-refractivity contribution is 8.00. The summed E-state index contributed by atoms with van der Waals surface area (Å²) in [6, 6.07) is 0. The van der Waals surface area contributed by atoms with Gasteiger partial charge in [0.15, 0.2) is 0 Å². The van der Waals surface area contributed by atoms with Gasteiger partial charge in [0, 0.05) is 11.8 Å². The lowest BCUT2D eigenvalue weighted by Crippen LogP contribution is -2.27. The molecule has 0 amide bonds. The fourth-order valence-corrected chi connectivity index (χ4v) is 2.68. The smallest absolute Gasteiger partial charge is 0.0172 e. The van der Waals surface area contributed by atoms with E-state index in [0.29, 0.717) is 0 Å². The summed E-state index contributed by atoms with van der Waals surface area (Å²) in [7, 11) is 0. The minimum Gasteiger partial charge on any atom is -0.315 e. The second kappa shape index (κ2) is 5.87. The predicted octanol–water partition coefficient (Wildman–Crippen LogP) is 2.52. The zero-order chi connectivity index (χ0) is 8.81. The molecule has 1 aliphatic rings. The number of hydrogen-bond donors (Lipinski definition) is 1. The van der Waals surface area contributed by atoms with Gasteiger partial charge in [-0.3, -0.25) is 0 Å². The van der Waals surface area contributed by atoms with Crippen LogP contribution in [0.5, 0.6) is 0 Å².